The maximum atomic E-state index is 12.0. The molecule has 0 aromatic rings. The SMILES string of the molecule is CCCC(C)NC(=O)C(C)NC1C(C)(C)C1(C)C. The van der Waals surface area contributed by atoms with Crippen molar-refractivity contribution in [3.05, 3.63) is 0 Å². The molecule has 2 N–H and O–H groups in total. The summed E-state index contributed by atoms with van der Waals surface area (Å²) in [6.45, 7) is 15.2. The van der Waals surface area contributed by atoms with Gasteiger partial charge in [0.25, 0.3) is 0 Å². The Morgan fingerprint density at radius 1 is 1.17 bits per heavy atom. The molecule has 0 radical (unpaired) electrons. The zero-order chi connectivity index (χ0) is 14.1. The van der Waals surface area contributed by atoms with Crippen LogP contribution in [0.2, 0.25) is 0 Å². The first kappa shape index (κ1) is 15.5. The zero-order valence-electron chi connectivity index (χ0n) is 13.1. The van der Waals surface area contributed by atoms with Crippen molar-refractivity contribution in [1.82, 2.24) is 10.6 Å². The minimum Gasteiger partial charge on any atom is -0.352 e. The van der Waals surface area contributed by atoms with Crippen molar-refractivity contribution in [2.75, 3.05) is 0 Å². The first-order valence-electron chi connectivity index (χ1n) is 7.21. The number of carbonyl (C=O) groups excluding carboxylic acids is 1. The number of carbonyl (C=O) groups is 1. The lowest BCUT2D eigenvalue weighted by Gasteiger charge is -2.19. The van der Waals surface area contributed by atoms with Gasteiger partial charge in [-0.1, -0.05) is 41.0 Å². The summed E-state index contributed by atoms with van der Waals surface area (Å²) in [5.41, 5.74) is 0.549. The summed E-state index contributed by atoms with van der Waals surface area (Å²) in [6.07, 6.45) is 2.14. The van der Waals surface area contributed by atoms with Gasteiger partial charge in [0.05, 0.1) is 6.04 Å². The van der Waals surface area contributed by atoms with Crippen LogP contribution in [-0.2, 0) is 4.79 Å². The van der Waals surface area contributed by atoms with Gasteiger partial charge in [0, 0.05) is 12.1 Å². The molecule has 1 fully saturated rings. The zero-order valence-corrected chi connectivity index (χ0v) is 13.1. The molecule has 3 heteroatoms. The predicted molar refractivity (Wildman–Crippen MR) is 76.5 cm³/mol. The van der Waals surface area contributed by atoms with Crippen LogP contribution in [0.4, 0.5) is 0 Å². The molecule has 1 amide bonds. The average Bonchev–Trinajstić information content (AvgIpc) is 2.60. The van der Waals surface area contributed by atoms with Crippen molar-refractivity contribution in [1.29, 1.82) is 0 Å². The van der Waals surface area contributed by atoms with Gasteiger partial charge in [0.2, 0.25) is 5.91 Å². The first-order valence-corrected chi connectivity index (χ1v) is 7.21. The monoisotopic (exact) mass is 254 g/mol. The molecule has 1 aliphatic rings. The van der Waals surface area contributed by atoms with Crippen molar-refractivity contribution in [3.8, 4) is 0 Å². The van der Waals surface area contributed by atoms with Gasteiger partial charge >= 0.3 is 0 Å². The maximum absolute atomic E-state index is 12.0. The standard InChI is InChI=1S/C15H30N2O/c1-8-9-10(2)16-12(18)11(3)17-13-14(4,5)15(13,6)7/h10-11,13,17H,8-9H2,1-7H3,(H,16,18). The van der Waals surface area contributed by atoms with E-state index in [0.29, 0.717) is 6.04 Å². The van der Waals surface area contributed by atoms with Crippen molar-refractivity contribution in [2.45, 2.75) is 79.4 Å². The van der Waals surface area contributed by atoms with E-state index >= 15 is 0 Å². The lowest BCUT2D eigenvalue weighted by atomic mass is 10.0. The van der Waals surface area contributed by atoms with Crippen LogP contribution >= 0.6 is 0 Å². The van der Waals surface area contributed by atoms with E-state index in [2.05, 4.69) is 52.2 Å². The average molecular weight is 254 g/mol. The maximum Gasteiger partial charge on any atom is 0.237 e. The summed E-state index contributed by atoms with van der Waals surface area (Å²) < 4.78 is 0. The third-order valence-electron chi connectivity index (χ3n) is 4.94. The molecule has 0 aromatic carbocycles. The molecule has 3 nitrogen and oxygen atoms in total. The summed E-state index contributed by atoms with van der Waals surface area (Å²) in [5.74, 6) is 0.120. The molecule has 0 aliphatic heterocycles. The molecule has 0 heterocycles. The largest absolute Gasteiger partial charge is 0.352 e. The van der Waals surface area contributed by atoms with E-state index in [-0.39, 0.29) is 28.8 Å². The molecule has 1 rings (SSSR count). The Kier molecular flexibility index (Phi) is 4.47. The second-order valence-corrected chi connectivity index (χ2v) is 6.96. The fourth-order valence-corrected chi connectivity index (χ4v) is 2.81. The van der Waals surface area contributed by atoms with Gasteiger partial charge in [0.1, 0.15) is 0 Å². The first-order chi connectivity index (χ1) is 8.14. The number of amides is 1. The molecule has 18 heavy (non-hydrogen) atoms. The smallest absolute Gasteiger partial charge is 0.237 e. The number of nitrogens with one attached hydrogen (secondary N) is 2. The van der Waals surface area contributed by atoms with Crippen molar-refractivity contribution >= 4 is 5.91 Å². The number of hydrogen-bond donors (Lipinski definition) is 2. The molecule has 0 bridgehead atoms. The Balaban J connectivity index is 2.43. The molecular weight excluding hydrogens is 224 g/mol. The normalized spacial score (nSPS) is 24.4. The van der Waals surface area contributed by atoms with Gasteiger partial charge in [-0.25, -0.2) is 0 Å². The van der Waals surface area contributed by atoms with Gasteiger partial charge in [-0.05, 0) is 31.1 Å². The Bertz CT molecular complexity index is 296. The second kappa shape index (κ2) is 5.20. The van der Waals surface area contributed by atoms with Gasteiger partial charge in [-0.2, -0.15) is 0 Å². The highest BCUT2D eigenvalue weighted by Crippen LogP contribution is 2.62. The van der Waals surface area contributed by atoms with E-state index in [9.17, 15) is 4.79 Å². The van der Waals surface area contributed by atoms with E-state index in [1.54, 1.807) is 0 Å². The van der Waals surface area contributed by atoms with E-state index in [0.717, 1.165) is 12.8 Å². The fourth-order valence-electron chi connectivity index (χ4n) is 2.81. The third-order valence-corrected chi connectivity index (χ3v) is 4.94. The van der Waals surface area contributed by atoms with E-state index in [1.807, 2.05) is 6.92 Å². The van der Waals surface area contributed by atoms with E-state index in [4.69, 9.17) is 0 Å². The molecule has 0 spiro atoms. The lowest BCUT2D eigenvalue weighted by molar-refractivity contribution is -0.123. The Morgan fingerprint density at radius 3 is 2.06 bits per heavy atom. The summed E-state index contributed by atoms with van der Waals surface area (Å²) in [6, 6.07) is 0.578. The Morgan fingerprint density at radius 2 is 1.67 bits per heavy atom. The molecular formula is C15H30N2O. The fraction of sp³-hybridized carbons (Fsp3) is 0.933. The highest BCUT2D eigenvalue weighted by Gasteiger charge is 2.64. The van der Waals surface area contributed by atoms with Crippen LogP contribution in [0.3, 0.4) is 0 Å². The summed E-state index contributed by atoms with van der Waals surface area (Å²) in [4.78, 5) is 12.0. The van der Waals surface area contributed by atoms with Crippen molar-refractivity contribution < 1.29 is 4.79 Å². The Hall–Kier alpha value is -0.570. The van der Waals surface area contributed by atoms with Gasteiger partial charge in [0.15, 0.2) is 0 Å². The highest BCUT2D eigenvalue weighted by atomic mass is 16.2. The lowest BCUT2D eigenvalue weighted by Crippen LogP contribution is -2.47. The number of hydrogen-bond acceptors (Lipinski definition) is 2. The minimum atomic E-state index is -0.115. The molecule has 1 aliphatic carbocycles. The molecule has 106 valence electrons. The van der Waals surface area contributed by atoms with Crippen LogP contribution in [0.1, 0.15) is 61.3 Å². The topological polar surface area (TPSA) is 41.1 Å². The second-order valence-electron chi connectivity index (χ2n) is 6.96. The van der Waals surface area contributed by atoms with E-state index in [1.165, 1.54) is 0 Å². The number of rotatable bonds is 6. The molecule has 0 aromatic heterocycles. The molecule has 0 saturated heterocycles. The van der Waals surface area contributed by atoms with Crippen LogP contribution < -0.4 is 10.6 Å². The summed E-state index contributed by atoms with van der Waals surface area (Å²) in [7, 11) is 0. The van der Waals surface area contributed by atoms with Gasteiger partial charge in [-0.3, -0.25) is 4.79 Å². The van der Waals surface area contributed by atoms with Crippen molar-refractivity contribution in [3.63, 3.8) is 0 Å². The van der Waals surface area contributed by atoms with Crippen LogP contribution in [0, 0.1) is 10.8 Å². The molecule has 2 atom stereocenters. The van der Waals surface area contributed by atoms with Crippen LogP contribution in [0.15, 0.2) is 0 Å². The highest BCUT2D eigenvalue weighted by molar-refractivity contribution is 5.81. The summed E-state index contributed by atoms with van der Waals surface area (Å²) in [5, 5.41) is 6.54. The van der Waals surface area contributed by atoms with E-state index < -0.39 is 0 Å². The molecule has 1 saturated carbocycles. The summed E-state index contributed by atoms with van der Waals surface area (Å²) >= 11 is 0. The van der Waals surface area contributed by atoms with Gasteiger partial charge in [-0.15, -0.1) is 0 Å². The minimum absolute atomic E-state index is 0.115. The quantitative estimate of drug-likeness (QED) is 0.765. The van der Waals surface area contributed by atoms with Crippen LogP contribution in [0.5, 0.6) is 0 Å². The Labute approximate surface area is 112 Å². The predicted octanol–water partition coefficient (Wildman–Crippen LogP) is 2.70. The third kappa shape index (κ3) is 2.87. The molecule has 2 unspecified atom stereocenters. The van der Waals surface area contributed by atoms with Crippen LogP contribution in [0.25, 0.3) is 0 Å². The van der Waals surface area contributed by atoms with Crippen LogP contribution in [-0.4, -0.2) is 24.0 Å². The van der Waals surface area contributed by atoms with Crippen molar-refractivity contribution in [2.24, 2.45) is 10.8 Å². The van der Waals surface area contributed by atoms with Gasteiger partial charge < -0.3 is 10.6 Å².